The summed E-state index contributed by atoms with van der Waals surface area (Å²) in [4.78, 5) is 14.6. The van der Waals surface area contributed by atoms with Crippen LogP contribution < -0.4 is 9.47 Å². The smallest absolute Gasteiger partial charge is 0.225 e. The van der Waals surface area contributed by atoms with Crippen LogP contribution in [0, 0.1) is 5.92 Å². The number of carbonyl (C=O) groups is 1. The molecule has 112 valence electrons. The average Bonchev–Trinajstić information content (AvgIpc) is 3.06. The normalized spacial score (nSPS) is 21.2. The van der Waals surface area contributed by atoms with Crippen LogP contribution in [0.2, 0.25) is 0 Å². The highest BCUT2D eigenvalue weighted by Crippen LogP contribution is 2.36. The van der Waals surface area contributed by atoms with Gasteiger partial charge in [-0.2, -0.15) is 0 Å². The van der Waals surface area contributed by atoms with Gasteiger partial charge in [-0.15, -0.1) is 0 Å². The molecule has 4 heteroatoms. The molecule has 4 rings (SSSR count). The lowest BCUT2D eigenvalue weighted by Gasteiger charge is -2.32. The molecule has 1 aromatic carbocycles. The van der Waals surface area contributed by atoms with Crippen molar-refractivity contribution in [3.8, 4) is 11.5 Å². The summed E-state index contributed by atoms with van der Waals surface area (Å²) in [5.41, 5.74) is 2.52. The van der Waals surface area contributed by atoms with E-state index in [0.29, 0.717) is 19.1 Å². The van der Waals surface area contributed by atoms with Crippen molar-refractivity contribution in [2.45, 2.75) is 38.6 Å². The van der Waals surface area contributed by atoms with E-state index in [1.165, 1.54) is 24.0 Å². The van der Waals surface area contributed by atoms with Crippen LogP contribution in [-0.4, -0.2) is 30.6 Å². The summed E-state index contributed by atoms with van der Waals surface area (Å²) in [5, 5.41) is 0. The van der Waals surface area contributed by atoms with Crippen molar-refractivity contribution < 1.29 is 14.3 Å². The molecule has 1 aromatic rings. The van der Waals surface area contributed by atoms with Gasteiger partial charge in [-0.3, -0.25) is 4.79 Å². The largest absolute Gasteiger partial charge is 0.486 e. The Bertz CT molecular complexity index is 563. The monoisotopic (exact) mass is 287 g/mol. The van der Waals surface area contributed by atoms with Crippen molar-refractivity contribution in [2.24, 2.45) is 5.92 Å². The number of hydrogen-bond acceptors (Lipinski definition) is 3. The summed E-state index contributed by atoms with van der Waals surface area (Å²) in [6.45, 7) is 2.79. The van der Waals surface area contributed by atoms with Crippen LogP contribution in [0.4, 0.5) is 0 Å². The van der Waals surface area contributed by atoms with E-state index in [-0.39, 0.29) is 5.92 Å². The third kappa shape index (κ3) is 2.37. The van der Waals surface area contributed by atoms with E-state index >= 15 is 0 Å². The summed E-state index contributed by atoms with van der Waals surface area (Å²) in [6.07, 6.45) is 5.48. The van der Waals surface area contributed by atoms with Crippen LogP contribution in [0.15, 0.2) is 12.1 Å². The first-order chi connectivity index (χ1) is 10.3. The highest BCUT2D eigenvalue weighted by molar-refractivity contribution is 5.79. The second kappa shape index (κ2) is 5.24. The quantitative estimate of drug-likeness (QED) is 0.796. The molecule has 2 aliphatic heterocycles. The zero-order valence-electron chi connectivity index (χ0n) is 12.3. The summed E-state index contributed by atoms with van der Waals surface area (Å²) in [6, 6.07) is 4.17. The molecule has 1 saturated carbocycles. The highest BCUT2D eigenvalue weighted by Gasteiger charge is 2.30. The Hall–Kier alpha value is -1.71. The Morgan fingerprint density at radius 3 is 2.43 bits per heavy atom. The van der Waals surface area contributed by atoms with Gasteiger partial charge < -0.3 is 14.4 Å². The molecule has 0 atom stereocenters. The van der Waals surface area contributed by atoms with Crippen LogP contribution in [0.3, 0.4) is 0 Å². The van der Waals surface area contributed by atoms with Crippen molar-refractivity contribution in [3.05, 3.63) is 23.3 Å². The molecule has 0 aromatic heterocycles. The first kappa shape index (κ1) is 13.0. The molecule has 0 radical (unpaired) electrons. The van der Waals surface area contributed by atoms with Crippen LogP contribution >= 0.6 is 0 Å². The first-order valence-corrected chi connectivity index (χ1v) is 8.01. The lowest BCUT2D eigenvalue weighted by atomic mass is 9.97. The molecule has 0 saturated heterocycles. The second-order valence-corrected chi connectivity index (χ2v) is 6.26. The van der Waals surface area contributed by atoms with Gasteiger partial charge >= 0.3 is 0 Å². The molecule has 1 amide bonds. The molecular formula is C17H21NO3. The van der Waals surface area contributed by atoms with Crippen LogP contribution in [0.5, 0.6) is 11.5 Å². The summed E-state index contributed by atoms with van der Waals surface area (Å²) in [5.74, 6) is 2.31. The Kier molecular flexibility index (Phi) is 3.24. The first-order valence-electron chi connectivity index (χ1n) is 8.01. The van der Waals surface area contributed by atoms with Gasteiger partial charge in [-0.25, -0.2) is 0 Å². The Balaban J connectivity index is 1.55. The van der Waals surface area contributed by atoms with E-state index in [4.69, 9.17) is 9.47 Å². The number of fused-ring (bicyclic) bond motifs is 2. The molecular weight excluding hydrogens is 266 g/mol. The zero-order chi connectivity index (χ0) is 14.2. The number of benzene rings is 1. The minimum atomic E-state index is 0.267. The van der Waals surface area contributed by atoms with Crippen molar-refractivity contribution in [1.82, 2.24) is 4.90 Å². The fourth-order valence-corrected chi connectivity index (χ4v) is 3.71. The molecule has 0 N–H and O–H groups in total. The number of amides is 1. The molecule has 3 aliphatic rings. The molecule has 0 bridgehead atoms. The Morgan fingerprint density at radius 2 is 1.71 bits per heavy atom. The van der Waals surface area contributed by atoms with Crippen LogP contribution in [-0.2, 0) is 17.8 Å². The average molecular weight is 287 g/mol. The van der Waals surface area contributed by atoms with E-state index in [1.807, 2.05) is 4.90 Å². The lowest BCUT2D eigenvalue weighted by Crippen LogP contribution is -2.39. The molecule has 1 fully saturated rings. The third-order valence-corrected chi connectivity index (χ3v) is 4.89. The van der Waals surface area contributed by atoms with E-state index in [2.05, 4.69) is 12.1 Å². The van der Waals surface area contributed by atoms with Crippen molar-refractivity contribution >= 4 is 5.91 Å². The Morgan fingerprint density at radius 1 is 1.05 bits per heavy atom. The number of rotatable bonds is 1. The van der Waals surface area contributed by atoms with Crippen molar-refractivity contribution in [1.29, 1.82) is 0 Å². The van der Waals surface area contributed by atoms with Gasteiger partial charge in [0.25, 0.3) is 0 Å². The lowest BCUT2D eigenvalue weighted by molar-refractivity contribution is -0.136. The van der Waals surface area contributed by atoms with Gasteiger partial charge in [0.15, 0.2) is 11.5 Å². The van der Waals surface area contributed by atoms with E-state index in [0.717, 1.165) is 43.9 Å². The number of hydrogen-bond donors (Lipinski definition) is 0. The van der Waals surface area contributed by atoms with E-state index < -0.39 is 0 Å². The maximum Gasteiger partial charge on any atom is 0.225 e. The fraction of sp³-hybridized carbons (Fsp3) is 0.588. The predicted octanol–water partition coefficient (Wildman–Crippen LogP) is 2.53. The summed E-state index contributed by atoms with van der Waals surface area (Å²) in [7, 11) is 0. The highest BCUT2D eigenvalue weighted by atomic mass is 16.6. The van der Waals surface area contributed by atoms with E-state index in [1.54, 1.807) is 0 Å². The molecule has 0 unspecified atom stereocenters. The maximum atomic E-state index is 12.6. The van der Waals surface area contributed by atoms with Crippen LogP contribution in [0.1, 0.15) is 36.8 Å². The SMILES string of the molecule is O=C(C1CCCC1)N1CCc2cc3c(cc2C1)OCCO3. The molecule has 1 aliphatic carbocycles. The third-order valence-electron chi connectivity index (χ3n) is 4.89. The van der Waals surface area contributed by atoms with E-state index in [9.17, 15) is 4.79 Å². The Labute approximate surface area is 125 Å². The minimum absolute atomic E-state index is 0.267. The molecule has 4 nitrogen and oxygen atoms in total. The standard InChI is InChI=1S/C17H21NO3/c19-17(12-3-1-2-4-12)18-6-5-13-9-15-16(10-14(13)11-18)21-8-7-20-15/h9-10,12H,1-8,11H2. The minimum Gasteiger partial charge on any atom is -0.486 e. The van der Waals surface area contributed by atoms with Crippen molar-refractivity contribution in [2.75, 3.05) is 19.8 Å². The summed E-state index contributed by atoms with van der Waals surface area (Å²) < 4.78 is 11.3. The van der Waals surface area contributed by atoms with Gasteiger partial charge in [0.05, 0.1) is 0 Å². The number of carbonyl (C=O) groups excluding carboxylic acids is 1. The fourth-order valence-electron chi connectivity index (χ4n) is 3.71. The molecule has 0 spiro atoms. The van der Waals surface area contributed by atoms with Gasteiger partial charge in [0.1, 0.15) is 13.2 Å². The van der Waals surface area contributed by atoms with Crippen molar-refractivity contribution in [3.63, 3.8) is 0 Å². The second-order valence-electron chi connectivity index (χ2n) is 6.26. The number of nitrogens with zero attached hydrogens (tertiary/aromatic N) is 1. The topological polar surface area (TPSA) is 38.8 Å². The van der Waals surface area contributed by atoms with Gasteiger partial charge in [-0.05, 0) is 42.5 Å². The maximum absolute atomic E-state index is 12.6. The van der Waals surface area contributed by atoms with Gasteiger partial charge in [0.2, 0.25) is 5.91 Å². The predicted molar refractivity (Wildman–Crippen MR) is 78.5 cm³/mol. The van der Waals surface area contributed by atoms with Crippen LogP contribution in [0.25, 0.3) is 0 Å². The number of ether oxygens (including phenoxy) is 2. The van der Waals surface area contributed by atoms with Gasteiger partial charge in [0, 0.05) is 19.0 Å². The zero-order valence-corrected chi connectivity index (χ0v) is 12.3. The summed E-state index contributed by atoms with van der Waals surface area (Å²) >= 11 is 0. The molecule has 2 heterocycles. The molecule has 21 heavy (non-hydrogen) atoms. The van der Waals surface area contributed by atoms with Gasteiger partial charge in [-0.1, -0.05) is 12.8 Å².